The molecule has 20 heavy (non-hydrogen) atoms. The number of ether oxygens (including phenoxy) is 1. The molecule has 4 atom stereocenters. The van der Waals surface area contributed by atoms with E-state index in [1.165, 1.54) is 10.9 Å². The molecular formula is C10H11BrN4O5. The number of aliphatic hydroxyl groups is 3. The number of aromatic amines is 1. The SMILES string of the molecule is O=c1[nH]c(Br)nc2c1ncn2[C@@H]1O[C@H](CO)[C@@H](O)[C@H]1O. The van der Waals surface area contributed by atoms with Gasteiger partial charge >= 0.3 is 0 Å². The van der Waals surface area contributed by atoms with Gasteiger partial charge in [-0.2, -0.15) is 0 Å². The summed E-state index contributed by atoms with van der Waals surface area (Å²) in [5, 5.41) is 28.8. The minimum atomic E-state index is -1.26. The number of rotatable bonds is 2. The lowest BCUT2D eigenvalue weighted by atomic mass is 10.1. The number of nitrogens with zero attached hydrogens (tertiary/aromatic N) is 3. The van der Waals surface area contributed by atoms with Gasteiger partial charge in [-0.05, 0) is 15.9 Å². The normalized spacial score (nSPS) is 30.2. The lowest BCUT2D eigenvalue weighted by Gasteiger charge is -2.16. The second-order valence-electron chi connectivity index (χ2n) is 4.41. The monoisotopic (exact) mass is 346 g/mol. The third-order valence-electron chi connectivity index (χ3n) is 3.19. The lowest BCUT2D eigenvalue weighted by Crippen LogP contribution is -2.33. The van der Waals surface area contributed by atoms with E-state index >= 15 is 0 Å². The van der Waals surface area contributed by atoms with Crippen LogP contribution in [0.15, 0.2) is 15.9 Å². The number of H-pyrrole nitrogens is 1. The summed E-state index contributed by atoms with van der Waals surface area (Å²) in [5.41, 5.74) is -0.145. The van der Waals surface area contributed by atoms with Crippen molar-refractivity contribution in [3.8, 4) is 0 Å². The van der Waals surface area contributed by atoms with Gasteiger partial charge in [-0.15, -0.1) is 0 Å². The van der Waals surface area contributed by atoms with Crippen LogP contribution in [0.25, 0.3) is 11.2 Å². The lowest BCUT2D eigenvalue weighted by molar-refractivity contribution is -0.0511. The molecule has 9 nitrogen and oxygen atoms in total. The zero-order chi connectivity index (χ0) is 14.4. The van der Waals surface area contributed by atoms with Gasteiger partial charge in [0.05, 0.1) is 12.9 Å². The summed E-state index contributed by atoms with van der Waals surface area (Å²) in [6.07, 6.45) is -3.08. The number of hydrogen-bond donors (Lipinski definition) is 4. The van der Waals surface area contributed by atoms with Crippen LogP contribution in [0, 0.1) is 0 Å². The van der Waals surface area contributed by atoms with Gasteiger partial charge in [0.25, 0.3) is 5.56 Å². The predicted molar refractivity (Wildman–Crippen MR) is 68.9 cm³/mol. The third-order valence-corrected chi connectivity index (χ3v) is 3.57. The zero-order valence-corrected chi connectivity index (χ0v) is 11.6. The molecule has 0 aliphatic carbocycles. The fraction of sp³-hybridized carbons (Fsp3) is 0.500. The number of halogens is 1. The van der Waals surface area contributed by atoms with Crippen molar-refractivity contribution in [2.45, 2.75) is 24.5 Å². The summed E-state index contributed by atoms with van der Waals surface area (Å²) in [4.78, 5) is 22.1. The van der Waals surface area contributed by atoms with E-state index < -0.39 is 36.7 Å². The maximum atomic E-state index is 11.7. The molecule has 2 aromatic rings. The van der Waals surface area contributed by atoms with E-state index in [9.17, 15) is 15.0 Å². The number of aromatic nitrogens is 4. The molecule has 0 aromatic carbocycles. The Bertz CT molecular complexity index is 701. The van der Waals surface area contributed by atoms with Crippen molar-refractivity contribution in [1.82, 2.24) is 19.5 Å². The molecule has 1 aliphatic rings. The van der Waals surface area contributed by atoms with Crippen molar-refractivity contribution < 1.29 is 20.1 Å². The van der Waals surface area contributed by atoms with Crippen LogP contribution >= 0.6 is 15.9 Å². The van der Waals surface area contributed by atoms with Crippen LogP contribution in [0.2, 0.25) is 0 Å². The molecule has 10 heteroatoms. The summed E-state index contributed by atoms with van der Waals surface area (Å²) in [6, 6.07) is 0. The van der Waals surface area contributed by atoms with E-state index in [-0.39, 0.29) is 15.9 Å². The number of nitrogens with one attached hydrogen (secondary N) is 1. The van der Waals surface area contributed by atoms with E-state index in [4.69, 9.17) is 9.84 Å². The molecule has 108 valence electrons. The van der Waals surface area contributed by atoms with E-state index in [0.717, 1.165) is 0 Å². The molecule has 1 aliphatic heterocycles. The van der Waals surface area contributed by atoms with Crippen molar-refractivity contribution in [1.29, 1.82) is 0 Å². The Hall–Kier alpha value is -1.33. The Labute approximate surface area is 120 Å². The molecule has 1 fully saturated rings. The molecular weight excluding hydrogens is 336 g/mol. The topological polar surface area (TPSA) is 133 Å². The Morgan fingerprint density at radius 2 is 2.20 bits per heavy atom. The largest absolute Gasteiger partial charge is 0.394 e. The van der Waals surface area contributed by atoms with Gasteiger partial charge in [-0.1, -0.05) is 0 Å². The highest BCUT2D eigenvalue weighted by atomic mass is 79.9. The molecule has 3 heterocycles. The number of imidazole rings is 1. The van der Waals surface area contributed by atoms with Crippen molar-refractivity contribution in [3.05, 3.63) is 21.4 Å². The predicted octanol–water partition coefficient (Wildman–Crippen LogP) is -1.51. The zero-order valence-electron chi connectivity index (χ0n) is 9.97. The fourth-order valence-corrected chi connectivity index (χ4v) is 2.54. The van der Waals surface area contributed by atoms with Gasteiger partial charge < -0.3 is 20.1 Å². The van der Waals surface area contributed by atoms with Crippen LogP contribution in [0.3, 0.4) is 0 Å². The fourth-order valence-electron chi connectivity index (χ4n) is 2.20. The van der Waals surface area contributed by atoms with E-state index in [0.29, 0.717) is 0 Å². The Morgan fingerprint density at radius 3 is 2.85 bits per heavy atom. The smallest absolute Gasteiger partial charge is 0.279 e. The van der Waals surface area contributed by atoms with Crippen LogP contribution < -0.4 is 5.56 Å². The molecule has 0 radical (unpaired) electrons. The average molecular weight is 347 g/mol. The van der Waals surface area contributed by atoms with Crippen molar-refractivity contribution in [2.75, 3.05) is 6.61 Å². The first-order valence-electron chi connectivity index (χ1n) is 5.77. The van der Waals surface area contributed by atoms with Crippen molar-refractivity contribution in [2.24, 2.45) is 0 Å². The molecule has 4 N–H and O–H groups in total. The highest BCUT2D eigenvalue weighted by Gasteiger charge is 2.44. The summed E-state index contributed by atoms with van der Waals surface area (Å²) in [7, 11) is 0. The third kappa shape index (κ3) is 1.96. The minimum Gasteiger partial charge on any atom is -0.394 e. The van der Waals surface area contributed by atoms with Crippen molar-refractivity contribution >= 4 is 27.1 Å². The molecule has 0 spiro atoms. The second kappa shape index (κ2) is 4.90. The first-order chi connectivity index (χ1) is 9.52. The van der Waals surface area contributed by atoms with Crippen LogP contribution in [0.4, 0.5) is 0 Å². The first kappa shape index (κ1) is 13.6. The van der Waals surface area contributed by atoms with Gasteiger partial charge in [-0.3, -0.25) is 14.3 Å². The van der Waals surface area contributed by atoms with Gasteiger partial charge in [0.1, 0.15) is 18.3 Å². The first-order valence-corrected chi connectivity index (χ1v) is 6.57. The van der Waals surface area contributed by atoms with E-state index in [1.807, 2.05) is 0 Å². The maximum Gasteiger partial charge on any atom is 0.279 e. The molecule has 0 unspecified atom stereocenters. The standard InChI is InChI=1S/C10H11BrN4O5/c11-10-13-7-4(8(19)14-10)12-2-15(7)9-6(18)5(17)3(1-16)20-9/h2-3,5-6,9,16-18H,1H2,(H,13,14,19)/t3-,5-,6-,9-/m1/s1. The van der Waals surface area contributed by atoms with Crippen LogP contribution in [0.1, 0.15) is 6.23 Å². The minimum absolute atomic E-state index is 0.0888. The Morgan fingerprint density at radius 1 is 1.45 bits per heavy atom. The summed E-state index contributed by atoms with van der Waals surface area (Å²) >= 11 is 3.06. The molecule has 2 aromatic heterocycles. The van der Waals surface area contributed by atoms with Crippen molar-refractivity contribution in [3.63, 3.8) is 0 Å². The molecule has 0 bridgehead atoms. The van der Waals surface area contributed by atoms with Gasteiger partial charge in [0.2, 0.25) is 0 Å². The molecule has 0 saturated carbocycles. The van der Waals surface area contributed by atoms with Gasteiger partial charge in [0.15, 0.2) is 22.1 Å². The number of fused-ring (bicyclic) bond motifs is 1. The summed E-state index contributed by atoms with van der Waals surface area (Å²) in [6.45, 7) is -0.431. The van der Waals surface area contributed by atoms with E-state index in [1.54, 1.807) is 0 Å². The Kier molecular flexibility index (Phi) is 3.34. The average Bonchev–Trinajstić information content (AvgIpc) is 2.93. The van der Waals surface area contributed by atoms with Crippen LogP contribution in [-0.2, 0) is 4.74 Å². The molecule has 3 rings (SSSR count). The summed E-state index contributed by atoms with van der Waals surface area (Å²) < 4.78 is 6.93. The van der Waals surface area contributed by atoms with Crippen LogP contribution in [-0.4, -0.2) is 59.8 Å². The van der Waals surface area contributed by atoms with Gasteiger partial charge in [0, 0.05) is 0 Å². The highest BCUT2D eigenvalue weighted by Crippen LogP contribution is 2.30. The Balaban J connectivity index is 2.09. The maximum absolute atomic E-state index is 11.7. The van der Waals surface area contributed by atoms with Crippen LogP contribution in [0.5, 0.6) is 0 Å². The van der Waals surface area contributed by atoms with E-state index in [2.05, 4.69) is 30.9 Å². The number of hydrogen-bond acceptors (Lipinski definition) is 7. The highest BCUT2D eigenvalue weighted by molar-refractivity contribution is 9.10. The van der Waals surface area contributed by atoms with Gasteiger partial charge in [-0.25, -0.2) is 9.97 Å². The molecule has 1 saturated heterocycles. The number of aliphatic hydroxyl groups excluding tert-OH is 3. The summed E-state index contributed by atoms with van der Waals surface area (Å²) in [5.74, 6) is 0. The molecule has 0 amide bonds. The second-order valence-corrected chi connectivity index (χ2v) is 5.16. The quantitative estimate of drug-likeness (QED) is 0.486.